The van der Waals surface area contributed by atoms with Crippen LogP contribution in [0.4, 0.5) is 31.1 Å². The number of hydrogen-bond acceptors (Lipinski definition) is 3. The Labute approximate surface area is 201 Å². The smallest absolute Gasteiger partial charge is 0.419 e. The van der Waals surface area contributed by atoms with E-state index in [-0.39, 0.29) is 23.4 Å². The lowest BCUT2D eigenvalue weighted by molar-refractivity contribution is -0.139. The van der Waals surface area contributed by atoms with Crippen LogP contribution in [0.3, 0.4) is 0 Å². The maximum atomic E-state index is 13.6. The number of amides is 2. The van der Waals surface area contributed by atoms with Gasteiger partial charge in [0, 0.05) is 12.8 Å². The minimum absolute atomic E-state index is 0.179. The first-order chi connectivity index (χ1) is 16.3. The molecule has 1 heterocycles. The largest absolute Gasteiger partial charge is 0.431 e. The third-order valence-corrected chi connectivity index (χ3v) is 6.44. The number of alkyl halides is 6. The second kappa shape index (κ2) is 8.92. The van der Waals surface area contributed by atoms with Gasteiger partial charge < -0.3 is 4.74 Å². The maximum absolute atomic E-state index is 13.6. The van der Waals surface area contributed by atoms with Crippen molar-refractivity contribution in [2.45, 2.75) is 56.7 Å². The number of hydrogen-bond donors (Lipinski definition) is 0. The lowest BCUT2D eigenvalue weighted by Gasteiger charge is -2.40. The first-order valence-electron chi connectivity index (χ1n) is 10.7. The summed E-state index contributed by atoms with van der Waals surface area (Å²) in [6.07, 6.45) is -8.37. The Morgan fingerprint density at radius 3 is 2.26 bits per heavy atom. The van der Waals surface area contributed by atoms with Crippen molar-refractivity contribution in [2.75, 3.05) is 0 Å². The molecule has 0 unspecified atom stereocenters. The number of carbonyl (C=O) groups is 2. The third kappa shape index (κ3) is 4.78. The molecule has 0 N–H and O–H groups in total. The molecule has 0 bridgehead atoms. The zero-order valence-electron chi connectivity index (χ0n) is 18.0. The van der Waals surface area contributed by atoms with Gasteiger partial charge in [-0.3, -0.25) is 4.79 Å². The normalized spacial score (nSPS) is 18.2. The van der Waals surface area contributed by atoms with Crippen LogP contribution < -0.4 is 0 Å². The molecule has 0 aromatic heterocycles. The van der Waals surface area contributed by atoms with Crippen LogP contribution in [0.5, 0.6) is 0 Å². The van der Waals surface area contributed by atoms with Crippen LogP contribution in [0.1, 0.15) is 59.2 Å². The van der Waals surface area contributed by atoms with E-state index in [1.807, 2.05) is 0 Å². The van der Waals surface area contributed by atoms with E-state index in [2.05, 4.69) is 0 Å². The summed E-state index contributed by atoms with van der Waals surface area (Å²) in [5.74, 6) is -1.07. The van der Waals surface area contributed by atoms with Crippen molar-refractivity contribution in [3.63, 3.8) is 0 Å². The minimum Gasteiger partial charge on any atom is -0.419 e. The summed E-state index contributed by atoms with van der Waals surface area (Å²) < 4.78 is 86.1. The summed E-state index contributed by atoms with van der Waals surface area (Å²) in [6.45, 7) is -0.682. The molecule has 2 aromatic carbocycles. The van der Waals surface area contributed by atoms with E-state index in [1.165, 1.54) is 12.1 Å². The van der Waals surface area contributed by atoms with Gasteiger partial charge in [-0.15, -0.1) is 0 Å². The zero-order valence-corrected chi connectivity index (χ0v) is 18.8. The van der Waals surface area contributed by atoms with E-state index >= 15 is 0 Å². The summed E-state index contributed by atoms with van der Waals surface area (Å²) in [4.78, 5) is 26.5. The fourth-order valence-electron chi connectivity index (χ4n) is 4.48. The summed E-state index contributed by atoms with van der Waals surface area (Å²) in [7, 11) is 0. The van der Waals surface area contributed by atoms with Crippen LogP contribution in [0.15, 0.2) is 42.5 Å². The van der Waals surface area contributed by atoms with Crippen LogP contribution >= 0.6 is 11.6 Å². The van der Waals surface area contributed by atoms with Gasteiger partial charge in [0.1, 0.15) is 0 Å². The molecule has 2 aromatic rings. The SMILES string of the molecule is O=C1OC2(CCCCC2)N(C(=O)c2cc(C(F)(F)F)ccc2Cl)N1Cc1ccccc1C(F)(F)F. The minimum atomic E-state index is -4.77. The van der Waals surface area contributed by atoms with E-state index in [0.29, 0.717) is 25.0 Å². The fraction of sp³-hybridized carbons (Fsp3) is 0.391. The van der Waals surface area contributed by atoms with E-state index in [9.17, 15) is 35.9 Å². The van der Waals surface area contributed by atoms with Crippen molar-refractivity contribution >= 4 is 23.6 Å². The highest BCUT2D eigenvalue weighted by Crippen LogP contribution is 2.44. The van der Waals surface area contributed by atoms with Gasteiger partial charge in [-0.25, -0.2) is 14.8 Å². The molecule has 1 spiro atoms. The van der Waals surface area contributed by atoms with Crippen LogP contribution in [-0.2, 0) is 23.6 Å². The van der Waals surface area contributed by atoms with E-state index in [4.69, 9.17) is 16.3 Å². The van der Waals surface area contributed by atoms with Crippen LogP contribution in [-0.4, -0.2) is 27.7 Å². The first-order valence-corrected chi connectivity index (χ1v) is 11.1. The lowest BCUT2D eigenvalue weighted by atomic mass is 9.90. The summed E-state index contributed by atoms with van der Waals surface area (Å²) in [5, 5.41) is 1.27. The predicted molar refractivity (Wildman–Crippen MR) is 112 cm³/mol. The summed E-state index contributed by atoms with van der Waals surface area (Å²) in [6, 6.07) is 6.70. The predicted octanol–water partition coefficient (Wildman–Crippen LogP) is 7.05. The monoisotopic (exact) mass is 520 g/mol. The average molecular weight is 521 g/mol. The van der Waals surface area contributed by atoms with Crippen molar-refractivity contribution in [2.24, 2.45) is 0 Å². The van der Waals surface area contributed by atoms with Crippen molar-refractivity contribution < 1.29 is 40.7 Å². The fourth-order valence-corrected chi connectivity index (χ4v) is 4.68. The van der Waals surface area contributed by atoms with Gasteiger partial charge in [0.25, 0.3) is 5.91 Å². The molecule has 35 heavy (non-hydrogen) atoms. The van der Waals surface area contributed by atoms with E-state index < -0.39 is 53.3 Å². The number of halogens is 7. The number of nitrogens with zero attached hydrogens (tertiary/aromatic N) is 2. The zero-order chi connectivity index (χ0) is 25.6. The Balaban J connectivity index is 1.80. The Morgan fingerprint density at radius 1 is 0.971 bits per heavy atom. The van der Waals surface area contributed by atoms with E-state index in [0.717, 1.165) is 34.6 Å². The molecule has 188 valence electrons. The molecule has 1 aliphatic heterocycles. The summed E-state index contributed by atoms with van der Waals surface area (Å²) >= 11 is 6.07. The Kier molecular flexibility index (Phi) is 6.41. The van der Waals surface area contributed by atoms with Crippen molar-refractivity contribution in [1.29, 1.82) is 0 Å². The molecular weight excluding hydrogens is 502 g/mol. The van der Waals surface area contributed by atoms with E-state index in [1.54, 1.807) is 0 Å². The molecule has 2 fully saturated rings. The Bertz CT molecular complexity index is 1140. The molecular formula is C23H19ClF6N2O3. The number of benzene rings is 2. The Morgan fingerprint density at radius 2 is 1.63 bits per heavy atom. The van der Waals surface area contributed by atoms with Gasteiger partial charge in [-0.1, -0.05) is 36.2 Å². The molecule has 0 radical (unpaired) electrons. The number of hydrazine groups is 1. The van der Waals surface area contributed by atoms with Crippen molar-refractivity contribution in [1.82, 2.24) is 10.0 Å². The van der Waals surface area contributed by atoms with Crippen LogP contribution in [0.25, 0.3) is 0 Å². The molecule has 5 nitrogen and oxygen atoms in total. The second-order valence-electron chi connectivity index (χ2n) is 8.40. The highest BCUT2D eigenvalue weighted by atomic mass is 35.5. The second-order valence-corrected chi connectivity index (χ2v) is 8.80. The molecule has 12 heteroatoms. The quantitative estimate of drug-likeness (QED) is 0.408. The standard InChI is InChI=1S/C23H19ClF6N2O3/c24-18-9-8-15(22(25,26)27)12-16(18)19(33)32-21(10-4-1-5-11-21)35-20(34)31(32)13-14-6-2-3-7-17(14)23(28,29)30/h2-3,6-9,12H,1,4-5,10-11,13H2. The van der Waals surface area contributed by atoms with Gasteiger partial charge in [0.05, 0.1) is 28.3 Å². The third-order valence-electron chi connectivity index (χ3n) is 6.11. The van der Waals surface area contributed by atoms with Crippen LogP contribution in [0, 0.1) is 0 Å². The number of ether oxygens (including phenoxy) is 1. The topological polar surface area (TPSA) is 49.9 Å². The first kappa shape index (κ1) is 25.2. The summed E-state index contributed by atoms with van der Waals surface area (Å²) in [5.41, 5.74) is -4.53. The number of rotatable bonds is 3. The molecule has 2 amide bonds. The molecule has 2 aliphatic rings. The molecule has 1 saturated heterocycles. The maximum Gasteiger partial charge on any atom is 0.431 e. The highest BCUT2D eigenvalue weighted by molar-refractivity contribution is 6.33. The van der Waals surface area contributed by atoms with Gasteiger partial charge in [0.15, 0.2) is 0 Å². The molecule has 4 rings (SSSR count). The van der Waals surface area contributed by atoms with Gasteiger partial charge in [-0.2, -0.15) is 26.3 Å². The van der Waals surface area contributed by atoms with Gasteiger partial charge >= 0.3 is 18.4 Å². The average Bonchev–Trinajstić information content (AvgIpc) is 3.03. The van der Waals surface area contributed by atoms with Crippen LogP contribution in [0.2, 0.25) is 5.02 Å². The van der Waals surface area contributed by atoms with Gasteiger partial charge in [-0.05, 0) is 42.7 Å². The number of carbonyl (C=O) groups excluding carboxylic acids is 2. The molecule has 1 saturated carbocycles. The van der Waals surface area contributed by atoms with Crippen molar-refractivity contribution in [3.8, 4) is 0 Å². The Hall–Kier alpha value is -2.95. The molecule has 1 aliphatic carbocycles. The highest BCUT2D eigenvalue weighted by Gasteiger charge is 2.55. The lowest BCUT2D eigenvalue weighted by Crippen LogP contribution is -2.54. The van der Waals surface area contributed by atoms with Crippen molar-refractivity contribution in [3.05, 3.63) is 69.7 Å². The molecule has 0 atom stereocenters. The van der Waals surface area contributed by atoms with Gasteiger partial charge in [0.2, 0.25) is 5.72 Å².